The molecule has 1 aromatic heterocycles. The fraction of sp³-hybridized carbons (Fsp3) is 0.346. The van der Waals surface area contributed by atoms with Gasteiger partial charge in [-0.25, -0.2) is 0 Å². The molecule has 1 fully saturated rings. The molecular formula is C26H30N2O2. The van der Waals surface area contributed by atoms with Crippen molar-refractivity contribution in [1.82, 2.24) is 10.2 Å². The highest BCUT2D eigenvalue weighted by molar-refractivity contribution is 5.94. The van der Waals surface area contributed by atoms with Gasteiger partial charge in [0.2, 0.25) is 0 Å². The Labute approximate surface area is 178 Å². The van der Waals surface area contributed by atoms with E-state index >= 15 is 0 Å². The highest BCUT2D eigenvalue weighted by atomic mass is 16.3. The van der Waals surface area contributed by atoms with Crippen LogP contribution in [-0.4, -0.2) is 30.4 Å². The molecule has 0 saturated carbocycles. The molecule has 0 atom stereocenters. The molecule has 2 heterocycles. The normalized spacial score (nSPS) is 15.3. The van der Waals surface area contributed by atoms with Crippen LogP contribution in [0.15, 0.2) is 65.1 Å². The average molecular weight is 403 g/mol. The second kappa shape index (κ2) is 9.31. The lowest BCUT2D eigenvalue weighted by Crippen LogP contribution is -2.38. The van der Waals surface area contributed by atoms with Gasteiger partial charge in [0, 0.05) is 24.2 Å². The molecule has 2 aromatic carbocycles. The maximum Gasteiger partial charge on any atom is 0.251 e. The number of hydrogen-bond donors (Lipinski definition) is 1. The number of benzene rings is 2. The maximum atomic E-state index is 12.5. The topological polar surface area (TPSA) is 45.5 Å². The molecule has 30 heavy (non-hydrogen) atoms. The lowest BCUT2D eigenvalue weighted by Gasteiger charge is -2.31. The maximum absolute atomic E-state index is 12.5. The van der Waals surface area contributed by atoms with Crippen LogP contribution in [0, 0.1) is 19.8 Å². The standard InChI is InChI=1S/C26H30N2O2/c1-19-16-25(20(2)30-19)18-28-14-12-21(13-15-28)17-27-26(29)24-10-8-23(9-11-24)22-6-4-3-5-7-22/h3-11,16,21H,12-15,17-18H2,1-2H3,(H,27,29). The zero-order valence-electron chi connectivity index (χ0n) is 17.9. The van der Waals surface area contributed by atoms with Gasteiger partial charge in [-0.05, 0) is 75.0 Å². The first-order chi connectivity index (χ1) is 14.6. The van der Waals surface area contributed by atoms with E-state index in [9.17, 15) is 4.79 Å². The van der Waals surface area contributed by atoms with E-state index in [1.807, 2.05) is 56.3 Å². The van der Waals surface area contributed by atoms with Crippen molar-refractivity contribution in [3.05, 3.63) is 83.3 Å². The fourth-order valence-electron chi connectivity index (χ4n) is 4.21. The largest absolute Gasteiger partial charge is 0.466 e. The molecule has 0 unspecified atom stereocenters. The third-order valence-electron chi connectivity index (χ3n) is 6.05. The van der Waals surface area contributed by atoms with Crippen molar-refractivity contribution < 1.29 is 9.21 Å². The van der Waals surface area contributed by atoms with E-state index in [0.717, 1.165) is 67.2 Å². The summed E-state index contributed by atoms with van der Waals surface area (Å²) in [6.45, 7) is 7.87. The number of nitrogens with one attached hydrogen (secondary N) is 1. The Bertz CT molecular complexity index is 968. The number of carbonyl (C=O) groups is 1. The van der Waals surface area contributed by atoms with Gasteiger partial charge in [-0.15, -0.1) is 0 Å². The molecule has 3 aromatic rings. The number of carbonyl (C=O) groups excluding carboxylic acids is 1. The van der Waals surface area contributed by atoms with Gasteiger partial charge < -0.3 is 9.73 Å². The number of rotatable bonds is 6. The highest BCUT2D eigenvalue weighted by Crippen LogP contribution is 2.22. The van der Waals surface area contributed by atoms with E-state index in [-0.39, 0.29) is 5.91 Å². The number of likely N-dealkylation sites (tertiary alicyclic amines) is 1. The summed E-state index contributed by atoms with van der Waals surface area (Å²) < 4.78 is 5.64. The summed E-state index contributed by atoms with van der Waals surface area (Å²) in [5.41, 5.74) is 4.30. The molecule has 0 bridgehead atoms. The van der Waals surface area contributed by atoms with Crippen LogP contribution in [0.3, 0.4) is 0 Å². The van der Waals surface area contributed by atoms with Crippen molar-refractivity contribution in [3.8, 4) is 11.1 Å². The molecule has 1 amide bonds. The van der Waals surface area contributed by atoms with Crippen LogP contribution in [0.4, 0.5) is 0 Å². The van der Waals surface area contributed by atoms with Crippen LogP contribution in [0.2, 0.25) is 0 Å². The lowest BCUT2D eigenvalue weighted by molar-refractivity contribution is 0.0935. The van der Waals surface area contributed by atoms with E-state index in [1.165, 1.54) is 5.56 Å². The fourth-order valence-corrected chi connectivity index (χ4v) is 4.21. The minimum atomic E-state index is 0.0153. The minimum absolute atomic E-state index is 0.0153. The number of furan rings is 1. The van der Waals surface area contributed by atoms with Gasteiger partial charge in [0.1, 0.15) is 11.5 Å². The van der Waals surface area contributed by atoms with Crippen LogP contribution in [0.25, 0.3) is 11.1 Å². The first-order valence-electron chi connectivity index (χ1n) is 10.8. The van der Waals surface area contributed by atoms with E-state index in [1.54, 1.807) is 0 Å². The number of amides is 1. The van der Waals surface area contributed by atoms with Crippen LogP contribution < -0.4 is 5.32 Å². The number of nitrogens with zero attached hydrogens (tertiary/aromatic N) is 1. The minimum Gasteiger partial charge on any atom is -0.466 e. The SMILES string of the molecule is Cc1cc(CN2CCC(CNC(=O)c3ccc(-c4ccccc4)cc3)CC2)c(C)o1. The van der Waals surface area contributed by atoms with Crippen LogP contribution in [0.5, 0.6) is 0 Å². The van der Waals surface area contributed by atoms with Crippen molar-refractivity contribution in [2.24, 2.45) is 5.92 Å². The van der Waals surface area contributed by atoms with Crippen LogP contribution in [-0.2, 0) is 6.54 Å². The van der Waals surface area contributed by atoms with Gasteiger partial charge in [-0.1, -0.05) is 42.5 Å². The lowest BCUT2D eigenvalue weighted by atomic mass is 9.96. The van der Waals surface area contributed by atoms with E-state index in [4.69, 9.17) is 4.42 Å². The molecule has 156 valence electrons. The van der Waals surface area contributed by atoms with Crippen molar-refractivity contribution in [1.29, 1.82) is 0 Å². The highest BCUT2D eigenvalue weighted by Gasteiger charge is 2.21. The molecular weight excluding hydrogens is 372 g/mol. The number of piperidine rings is 1. The summed E-state index contributed by atoms with van der Waals surface area (Å²) >= 11 is 0. The Morgan fingerprint density at radius 2 is 1.67 bits per heavy atom. The smallest absolute Gasteiger partial charge is 0.251 e. The van der Waals surface area contributed by atoms with Crippen molar-refractivity contribution >= 4 is 5.91 Å². The van der Waals surface area contributed by atoms with Gasteiger partial charge >= 0.3 is 0 Å². The third kappa shape index (κ3) is 5.00. The second-order valence-electron chi connectivity index (χ2n) is 8.31. The van der Waals surface area contributed by atoms with Gasteiger partial charge in [-0.3, -0.25) is 9.69 Å². The number of hydrogen-bond acceptors (Lipinski definition) is 3. The Hall–Kier alpha value is -2.85. The Morgan fingerprint density at radius 1 is 1.00 bits per heavy atom. The zero-order valence-corrected chi connectivity index (χ0v) is 17.9. The predicted octanol–water partition coefficient (Wildman–Crippen LogP) is 5.21. The molecule has 1 aliphatic heterocycles. The summed E-state index contributed by atoms with van der Waals surface area (Å²) in [7, 11) is 0. The molecule has 4 heteroatoms. The van der Waals surface area contributed by atoms with Gasteiger partial charge in [0.05, 0.1) is 0 Å². The molecule has 1 saturated heterocycles. The molecule has 0 aliphatic carbocycles. The summed E-state index contributed by atoms with van der Waals surface area (Å²) in [5, 5.41) is 3.13. The van der Waals surface area contributed by atoms with Crippen molar-refractivity contribution in [3.63, 3.8) is 0 Å². The molecule has 1 N–H and O–H groups in total. The molecule has 1 aliphatic rings. The van der Waals surface area contributed by atoms with E-state index in [2.05, 4.69) is 28.4 Å². The predicted molar refractivity (Wildman–Crippen MR) is 120 cm³/mol. The van der Waals surface area contributed by atoms with Crippen LogP contribution >= 0.6 is 0 Å². The monoisotopic (exact) mass is 402 g/mol. The average Bonchev–Trinajstić information content (AvgIpc) is 3.10. The quantitative estimate of drug-likeness (QED) is 0.616. The summed E-state index contributed by atoms with van der Waals surface area (Å²) in [4.78, 5) is 15.0. The molecule has 4 rings (SSSR count). The summed E-state index contributed by atoms with van der Waals surface area (Å²) in [6.07, 6.45) is 2.23. The Morgan fingerprint density at radius 3 is 2.30 bits per heavy atom. The first-order valence-corrected chi connectivity index (χ1v) is 10.8. The van der Waals surface area contributed by atoms with E-state index in [0.29, 0.717) is 5.92 Å². The zero-order chi connectivity index (χ0) is 20.9. The van der Waals surface area contributed by atoms with Gasteiger partial charge in [0.25, 0.3) is 5.91 Å². The Kier molecular flexibility index (Phi) is 6.34. The van der Waals surface area contributed by atoms with Crippen molar-refractivity contribution in [2.75, 3.05) is 19.6 Å². The van der Waals surface area contributed by atoms with E-state index < -0.39 is 0 Å². The van der Waals surface area contributed by atoms with Gasteiger partial charge in [0.15, 0.2) is 0 Å². The molecule has 4 nitrogen and oxygen atoms in total. The number of aryl methyl sites for hydroxylation is 2. The van der Waals surface area contributed by atoms with Crippen LogP contribution in [0.1, 0.15) is 40.3 Å². The molecule has 0 spiro atoms. The summed E-state index contributed by atoms with van der Waals surface area (Å²) in [5.74, 6) is 2.57. The first kappa shape index (κ1) is 20.4. The van der Waals surface area contributed by atoms with Crippen molar-refractivity contribution in [2.45, 2.75) is 33.2 Å². The third-order valence-corrected chi connectivity index (χ3v) is 6.05. The van der Waals surface area contributed by atoms with Gasteiger partial charge in [-0.2, -0.15) is 0 Å². The Balaban J connectivity index is 1.23. The second-order valence-corrected chi connectivity index (χ2v) is 8.31. The molecule has 0 radical (unpaired) electrons. The summed E-state index contributed by atoms with van der Waals surface area (Å²) in [6, 6.07) is 20.2.